The molecule has 0 aliphatic carbocycles. The lowest BCUT2D eigenvalue weighted by molar-refractivity contribution is -0.134. The van der Waals surface area contributed by atoms with E-state index in [1.165, 1.54) is 4.88 Å². The predicted octanol–water partition coefficient (Wildman–Crippen LogP) is 5.06. The minimum Gasteiger partial charge on any atom is -0.472 e. The van der Waals surface area contributed by atoms with Gasteiger partial charge in [0.1, 0.15) is 0 Å². The van der Waals surface area contributed by atoms with Gasteiger partial charge >= 0.3 is 0 Å². The highest BCUT2D eigenvalue weighted by atomic mass is 32.1. The molecule has 0 unspecified atom stereocenters. The van der Waals surface area contributed by atoms with Crippen LogP contribution >= 0.6 is 11.3 Å². The Morgan fingerprint density at radius 1 is 1.12 bits per heavy atom. The van der Waals surface area contributed by atoms with E-state index in [1.807, 2.05) is 52.7 Å². The van der Waals surface area contributed by atoms with Crippen LogP contribution in [0.15, 0.2) is 70.9 Å². The molecule has 3 nitrogen and oxygen atoms in total. The standard InChI is InChI=1S/C20H21NO2S/c1-2-19(17-7-4-3-5-8-17)20(22)21(13-16-10-11-23-15-16)14-18-9-6-12-24-18/h3-12,15,19H,2,13-14H2,1H3/t19-/m0/s1. The van der Waals surface area contributed by atoms with Gasteiger partial charge in [-0.05, 0) is 29.5 Å². The van der Waals surface area contributed by atoms with Crippen LogP contribution in [0.2, 0.25) is 0 Å². The normalized spacial score (nSPS) is 12.0. The lowest BCUT2D eigenvalue weighted by Gasteiger charge is -2.26. The first-order valence-electron chi connectivity index (χ1n) is 8.15. The van der Waals surface area contributed by atoms with Crippen LogP contribution in [-0.2, 0) is 17.9 Å². The van der Waals surface area contributed by atoms with E-state index in [-0.39, 0.29) is 11.8 Å². The summed E-state index contributed by atoms with van der Waals surface area (Å²) in [6.07, 6.45) is 4.14. The number of carbonyl (C=O) groups is 1. The number of amides is 1. The van der Waals surface area contributed by atoms with E-state index in [2.05, 4.69) is 13.0 Å². The zero-order valence-electron chi connectivity index (χ0n) is 13.7. The van der Waals surface area contributed by atoms with Crippen LogP contribution in [-0.4, -0.2) is 10.8 Å². The van der Waals surface area contributed by atoms with E-state index in [0.29, 0.717) is 13.1 Å². The first-order chi connectivity index (χ1) is 11.8. The molecule has 0 bridgehead atoms. The summed E-state index contributed by atoms with van der Waals surface area (Å²) >= 11 is 1.68. The second-order valence-electron chi connectivity index (χ2n) is 5.78. The fourth-order valence-corrected chi connectivity index (χ4v) is 3.58. The van der Waals surface area contributed by atoms with E-state index >= 15 is 0 Å². The van der Waals surface area contributed by atoms with Gasteiger partial charge < -0.3 is 9.32 Å². The van der Waals surface area contributed by atoms with Crippen molar-refractivity contribution < 1.29 is 9.21 Å². The molecule has 0 N–H and O–H groups in total. The van der Waals surface area contributed by atoms with Crippen molar-refractivity contribution in [2.75, 3.05) is 0 Å². The second-order valence-corrected chi connectivity index (χ2v) is 6.81. The molecule has 0 saturated heterocycles. The molecule has 0 fully saturated rings. The van der Waals surface area contributed by atoms with Crippen molar-refractivity contribution in [1.82, 2.24) is 4.90 Å². The highest BCUT2D eigenvalue weighted by molar-refractivity contribution is 7.09. The van der Waals surface area contributed by atoms with Gasteiger partial charge in [-0.2, -0.15) is 0 Å². The molecule has 3 rings (SSSR count). The van der Waals surface area contributed by atoms with E-state index in [4.69, 9.17) is 4.42 Å². The second kappa shape index (κ2) is 7.97. The molecule has 0 aliphatic heterocycles. The van der Waals surface area contributed by atoms with Crippen LogP contribution in [0.1, 0.15) is 35.3 Å². The SMILES string of the molecule is CC[C@H](C(=O)N(Cc1ccoc1)Cc1cccs1)c1ccccc1. The number of hydrogen-bond acceptors (Lipinski definition) is 3. The summed E-state index contributed by atoms with van der Waals surface area (Å²) in [5, 5.41) is 2.05. The van der Waals surface area contributed by atoms with Crippen LogP contribution in [0.5, 0.6) is 0 Å². The summed E-state index contributed by atoms with van der Waals surface area (Å²) in [4.78, 5) is 16.3. The molecular formula is C20H21NO2S. The maximum absolute atomic E-state index is 13.2. The third-order valence-electron chi connectivity index (χ3n) is 4.10. The Labute approximate surface area is 146 Å². The van der Waals surface area contributed by atoms with Gasteiger partial charge in [-0.25, -0.2) is 0 Å². The topological polar surface area (TPSA) is 33.5 Å². The molecule has 1 atom stereocenters. The maximum Gasteiger partial charge on any atom is 0.230 e. The van der Waals surface area contributed by atoms with Crippen molar-refractivity contribution in [2.24, 2.45) is 0 Å². The summed E-state index contributed by atoms with van der Waals surface area (Å²) in [5.41, 5.74) is 2.09. The van der Waals surface area contributed by atoms with Crippen LogP contribution in [0, 0.1) is 0 Å². The Kier molecular flexibility index (Phi) is 5.49. The fourth-order valence-electron chi connectivity index (χ4n) is 2.86. The first kappa shape index (κ1) is 16.5. The van der Waals surface area contributed by atoms with E-state index in [0.717, 1.165) is 17.5 Å². The van der Waals surface area contributed by atoms with Gasteiger partial charge in [-0.3, -0.25) is 4.79 Å². The molecule has 4 heteroatoms. The number of rotatable bonds is 7. The Morgan fingerprint density at radius 3 is 2.58 bits per heavy atom. The van der Waals surface area contributed by atoms with Crippen molar-refractivity contribution >= 4 is 17.2 Å². The molecule has 0 radical (unpaired) electrons. The molecule has 24 heavy (non-hydrogen) atoms. The van der Waals surface area contributed by atoms with Crippen molar-refractivity contribution in [3.8, 4) is 0 Å². The molecule has 2 heterocycles. The minimum atomic E-state index is -0.113. The van der Waals surface area contributed by atoms with Crippen LogP contribution in [0.25, 0.3) is 0 Å². The summed E-state index contributed by atoms with van der Waals surface area (Å²) in [6.45, 7) is 3.26. The highest BCUT2D eigenvalue weighted by Crippen LogP contribution is 2.25. The maximum atomic E-state index is 13.2. The van der Waals surface area contributed by atoms with Gasteiger partial charge in [-0.1, -0.05) is 43.3 Å². The number of nitrogens with zero attached hydrogens (tertiary/aromatic N) is 1. The monoisotopic (exact) mass is 339 g/mol. The Morgan fingerprint density at radius 2 is 1.96 bits per heavy atom. The third-order valence-corrected chi connectivity index (χ3v) is 4.96. The van der Waals surface area contributed by atoms with Crippen LogP contribution in [0.4, 0.5) is 0 Å². The van der Waals surface area contributed by atoms with Gasteiger partial charge in [0.15, 0.2) is 0 Å². The molecule has 2 aromatic heterocycles. The van der Waals surface area contributed by atoms with Crippen molar-refractivity contribution in [2.45, 2.75) is 32.4 Å². The number of thiophene rings is 1. The summed E-state index contributed by atoms with van der Waals surface area (Å²) < 4.78 is 5.17. The molecule has 1 amide bonds. The summed E-state index contributed by atoms with van der Waals surface area (Å²) in [7, 11) is 0. The fraction of sp³-hybridized carbons (Fsp3) is 0.250. The average molecular weight is 339 g/mol. The van der Waals surface area contributed by atoms with Crippen LogP contribution in [0.3, 0.4) is 0 Å². The summed E-state index contributed by atoms with van der Waals surface area (Å²) in [6, 6.07) is 16.0. The number of furan rings is 1. The predicted molar refractivity (Wildman–Crippen MR) is 96.8 cm³/mol. The number of benzene rings is 1. The first-order valence-corrected chi connectivity index (χ1v) is 9.03. The molecule has 0 saturated carbocycles. The molecule has 1 aromatic carbocycles. The molecule has 3 aromatic rings. The average Bonchev–Trinajstić information content (AvgIpc) is 3.30. The lowest BCUT2D eigenvalue weighted by Crippen LogP contribution is -2.34. The van der Waals surface area contributed by atoms with E-state index in [9.17, 15) is 4.79 Å². The zero-order chi connectivity index (χ0) is 16.8. The Balaban J connectivity index is 1.83. The smallest absolute Gasteiger partial charge is 0.230 e. The van der Waals surface area contributed by atoms with Gasteiger partial charge in [0.05, 0.1) is 25.0 Å². The third kappa shape index (κ3) is 3.95. The highest BCUT2D eigenvalue weighted by Gasteiger charge is 2.25. The van der Waals surface area contributed by atoms with Crippen molar-refractivity contribution in [3.63, 3.8) is 0 Å². The zero-order valence-corrected chi connectivity index (χ0v) is 14.5. The van der Waals surface area contributed by atoms with Gasteiger partial charge in [0, 0.05) is 17.0 Å². The van der Waals surface area contributed by atoms with E-state index < -0.39 is 0 Å². The van der Waals surface area contributed by atoms with Crippen molar-refractivity contribution in [1.29, 1.82) is 0 Å². The number of carbonyl (C=O) groups excluding carboxylic acids is 1. The van der Waals surface area contributed by atoms with E-state index in [1.54, 1.807) is 23.9 Å². The molecular weight excluding hydrogens is 318 g/mol. The quantitative estimate of drug-likeness (QED) is 0.602. The Bertz CT molecular complexity index is 699. The largest absolute Gasteiger partial charge is 0.472 e. The lowest BCUT2D eigenvalue weighted by atomic mass is 9.95. The summed E-state index contributed by atoms with van der Waals surface area (Å²) in [5.74, 6) is 0.0522. The van der Waals surface area contributed by atoms with Gasteiger partial charge in [0.2, 0.25) is 5.91 Å². The van der Waals surface area contributed by atoms with Gasteiger partial charge in [-0.15, -0.1) is 11.3 Å². The molecule has 0 aliphatic rings. The van der Waals surface area contributed by atoms with Gasteiger partial charge in [0.25, 0.3) is 0 Å². The minimum absolute atomic E-state index is 0.113. The molecule has 124 valence electrons. The number of hydrogen-bond donors (Lipinski definition) is 0. The molecule has 0 spiro atoms. The van der Waals surface area contributed by atoms with Crippen molar-refractivity contribution in [3.05, 3.63) is 82.4 Å². The Hall–Kier alpha value is -2.33. The van der Waals surface area contributed by atoms with Crippen LogP contribution < -0.4 is 0 Å².